The lowest BCUT2D eigenvalue weighted by atomic mass is 9.71. The van der Waals surface area contributed by atoms with Gasteiger partial charge in [0.2, 0.25) is 0 Å². The smallest absolute Gasteiger partial charge is 0.00430 e. The molecule has 1 saturated carbocycles. The predicted molar refractivity (Wildman–Crippen MR) is 74.1 cm³/mol. The van der Waals surface area contributed by atoms with Gasteiger partial charge in [-0.2, -0.15) is 0 Å². The first-order valence-corrected chi connectivity index (χ1v) is 7.03. The van der Waals surface area contributed by atoms with E-state index in [1.165, 1.54) is 30.4 Å². The van der Waals surface area contributed by atoms with Crippen molar-refractivity contribution in [3.8, 4) is 0 Å². The molecular weight excluding hydrogens is 206 g/mol. The molecule has 0 amide bonds. The van der Waals surface area contributed by atoms with Crippen molar-refractivity contribution in [1.82, 2.24) is 0 Å². The van der Waals surface area contributed by atoms with Crippen molar-refractivity contribution in [2.75, 3.05) is 6.54 Å². The zero-order valence-electron chi connectivity index (χ0n) is 11.2. The average Bonchev–Trinajstić information content (AvgIpc) is 2.39. The molecule has 17 heavy (non-hydrogen) atoms. The number of hydrogen-bond donors (Lipinski definition) is 1. The van der Waals surface area contributed by atoms with Crippen LogP contribution >= 0.6 is 0 Å². The minimum absolute atomic E-state index is 0.689. The lowest BCUT2D eigenvalue weighted by Gasteiger charge is -2.34. The Bertz CT molecular complexity index is 341. The summed E-state index contributed by atoms with van der Waals surface area (Å²) in [5, 5.41) is 0. The van der Waals surface area contributed by atoms with Crippen LogP contribution in [0.2, 0.25) is 0 Å². The maximum atomic E-state index is 5.93. The lowest BCUT2D eigenvalue weighted by molar-refractivity contribution is 0.253. The van der Waals surface area contributed by atoms with E-state index in [9.17, 15) is 0 Å². The molecule has 1 aromatic rings. The molecular formula is C16H25N. The quantitative estimate of drug-likeness (QED) is 0.843. The summed E-state index contributed by atoms with van der Waals surface area (Å²) in [4.78, 5) is 0. The third kappa shape index (κ3) is 2.90. The van der Waals surface area contributed by atoms with Gasteiger partial charge in [-0.05, 0) is 54.7 Å². The molecule has 3 atom stereocenters. The molecule has 0 heterocycles. The van der Waals surface area contributed by atoms with Crippen molar-refractivity contribution in [2.24, 2.45) is 17.6 Å². The van der Waals surface area contributed by atoms with Crippen LogP contribution in [0.1, 0.15) is 50.2 Å². The van der Waals surface area contributed by atoms with Gasteiger partial charge < -0.3 is 5.73 Å². The third-order valence-corrected chi connectivity index (χ3v) is 4.37. The Morgan fingerprint density at radius 2 is 1.88 bits per heavy atom. The Kier molecular flexibility index (Phi) is 4.22. The van der Waals surface area contributed by atoms with Crippen LogP contribution in [-0.2, 0) is 6.42 Å². The molecule has 0 radical (unpaired) electrons. The van der Waals surface area contributed by atoms with Crippen molar-refractivity contribution in [2.45, 2.75) is 45.4 Å². The van der Waals surface area contributed by atoms with Crippen LogP contribution < -0.4 is 5.73 Å². The molecule has 0 spiro atoms. The second kappa shape index (κ2) is 5.68. The highest BCUT2D eigenvalue weighted by molar-refractivity contribution is 5.26. The summed E-state index contributed by atoms with van der Waals surface area (Å²) in [6, 6.07) is 9.21. The first-order chi connectivity index (χ1) is 8.24. The van der Waals surface area contributed by atoms with Gasteiger partial charge in [-0.1, -0.05) is 44.5 Å². The summed E-state index contributed by atoms with van der Waals surface area (Å²) in [6.07, 6.45) is 5.10. The first kappa shape index (κ1) is 12.6. The molecule has 1 fully saturated rings. The Balaban J connectivity index is 2.16. The predicted octanol–water partition coefficient (Wildman–Crippen LogP) is 3.73. The molecule has 0 saturated heterocycles. The summed E-state index contributed by atoms with van der Waals surface area (Å²) in [5.41, 5.74) is 8.87. The Morgan fingerprint density at radius 1 is 1.18 bits per heavy atom. The van der Waals surface area contributed by atoms with Gasteiger partial charge in [-0.15, -0.1) is 0 Å². The topological polar surface area (TPSA) is 26.0 Å². The van der Waals surface area contributed by atoms with Crippen LogP contribution in [0.15, 0.2) is 24.3 Å². The second-order valence-electron chi connectivity index (χ2n) is 5.62. The second-order valence-corrected chi connectivity index (χ2v) is 5.62. The van der Waals surface area contributed by atoms with Crippen LogP contribution in [0.3, 0.4) is 0 Å². The monoisotopic (exact) mass is 231 g/mol. The van der Waals surface area contributed by atoms with Crippen LogP contribution in [0.4, 0.5) is 0 Å². The summed E-state index contributed by atoms with van der Waals surface area (Å²) < 4.78 is 0. The summed E-state index contributed by atoms with van der Waals surface area (Å²) >= 11 is 0. The molecule has 1 aliphatic carbocycles. The minimum Gasteiger partial charge on any atom is -0.330 e. The molecule has 1 nitrogen and oxygen atoms in total. The van der Waals surface area contributed by atoms with Gasteiger partial charge >= 0.3 is 0 Å². The Morgan fingerprint density at radius 3 is 2.47 bits per heavy atom. The van der Waals surface area contributed by atoms with E-state index in [-0.39, 0.29) is 0 Å². The van der Waals surface area contributed by atoms with E-state index >= 15 is 0 Å². The Hall–Kier alpha value is -0.820. The van der Waals surface area contributed by atoms with E-state index in [0.717, 1.165) is 18.9 Å². The largest absolute Gasteiger partial charge is 0.330 e. The van der Waals surface area contributed by atoms with Crippen molar-refractivity contribution in [1.29, 1.82) is 0 Å². The zero-order chi connectivity index (χ0) is 12.3. The fourth-order valence-corrected chi connectivity index (χ4v) is 3.13. The molecule has 1 aliphatic rings. The normalized spacial score (nSPS) is 29.2. The fourth-order valence-electron chi connectivity index (χ4n) is 3.13. The molecule has 2 rings (SSSR count). The number of aryl methyl sites for hydroxylation is 1. The molecule has 1 heteroatoms. The van der Waals surface area contributed by atoms with Crippen molar-refractivity contribution < 1.29 is 0 Å². The van der Waals surface area contributed by atoms with E-state index in [1.54, 1.807) is 0 Å². The lowest BCUT2D eigenvalue weighted by Crippen LogP contribution is -2.28. The standard InChI is InChI=1S/C16H25N/c1-3-13-5-8-14(9-6-13)16-10-12(2)4-7-15(16)11-17/h5-6,8-9,12,15-16H,3-4,7,10-11,17H2,1-2H3. The maximum Gasteiger partial charge on any atom is -0.00430 e. The molecule has 1 aromatic carbocycles. The van der Waals surface area contributed by atoms with Gasteiger partial charge in [0.25, 0.3) is 0 Å². The van der Waals surface area contributed by atoms with Crippen LogP contribution in [-0.4, -0.2) is 6.54 Å². The zero-order valence-corrected chi connectivity index (χ0v) is 11.2. The molecule has 0 aromatic heterocycles. The number of nitrogens with two attached hydrogens (primary N) is 1. The number of rotatable bonds is 3. The summed E-state index contributed by atoms with van der Waals surface area (Å²) in [6.45, 7) is 5.42. The molecule has 94 valence electrons. The van der Waals surface area contributed by atoms with Crippen molar-refractivity contribution in [3.05, 3.63) is 35.4 Å². The van der Waals surface area contributed by atoms with Crippen LogP contribution in [0.5, 0.6) is 0 Å². The Labute approximate surface area is 105 Å². The van der Waals surface area contributed by atoms with Gasteiger partial charge in [0, 0.05) is 0 Å². The third-order valence-electron chi connectivity index (χ3n) is 4.37. The van der Waals surface area contributed by atoms with Crippen LogP contribution in [0, 0.1) is 11.8 Å². The van der Waals surface area contributed by atoms with Crippen molar-refractivity contribution in [3.63, 3.8) is 0 Å². The van der Waals surface area contributed by atoms with Gasteiger partial charge in [0.15, 0.2) is 0 Å². The fraction of sp³-hybridized carbons (Fsp3) is 0.625. The average molecular weight is 231 g/mol. The minimum atomic E-state index is 0.689. The van der Waals surface area contributed by atoms with Crippen LogP contribution in [0.25, 0.3) is 0 Å². The summed E-state index contributed by atoms with van der Waals surface area (Å²) in [5.74, 6) is 2.24. The molecule has 3 unspecified atom stereocenters. The first-order valence-electron chi connectivity index (χ1n) is 7.03. The highest BCUT2D eigenvalue weighted by Crippen LogP contribution is 2.39. The highest BCUT2D eigenvalue weighted by Gasteiger charge is 2.28. The SMILES string of the molecule is CCc1ccc(C2CC(C)CCC2CN)cc1. The van der Waals surface area contributed by atoms with Gasteiger partial charge in [-0.25, -0.2) is 0 Å². The number of hydrogen-bond acceptors (Lipinski definition) is 1. The van der Waals surface area contributed by atoms with Crippen molar-refractivity contribution >= 4 is 0 Å². The van der Waals surface area contributed by atoms with Gasteiger partial charge in [0.05, 0.1) is 0 Å². The van der Waals surface area contributed by atoms with E-state index in [0.29, 0.717) is 11.8 Å². The molecule has 0 bridgehead atoms. The van der Waals surface area contributed by atoms with E-state index < -0.39 is 0 Å². The molecule has 0 aliphatic heterocycles. The maximum absolute atomic E-state index is 5.93. The van der Waals surface area contributed by atoms with E-state index in [2.05, 4.69) is 38.1 Å². The van der Waals surface area contributed by atoms with Gasteiger partial charge in [-0.3, -0.25) is 0 Å². The number of benzene rings is 1. The highest BCUT2D eigenvalue weighted by atomic mass is 14.6. The summed E-state index contributed by atoms with van der Waals surface area (Å²) in [7, 11) is 0. The van der Waals surface area contributed by atoms with Gasteiger partial charge in [0.1, 0.15) is 0 Å². The van der Waals surface area contributed by atoms with E-state index in [1.807, 2.05) is 0 Å². The molecule has 2 N–H and O–H groups in total. The van der Waals surface area contributed by atoms with E-state index in [4.69, 9.17) is 5.73 Å².